The zero-order chi connectivity index (χ0) is 18.7. The molecule has 1 heterocycles. The molecule has 0 spiro atoms. The molecule has 0 atom stereocenters. The van der Waals surface area contributed by atoms with Crippen LogP contribution < -0.4 is 5.43 Å². The normalized spacial score (nSPS) is 11.5. The minimum absolute atomic E-state index is 0.543. The van der Waals surface area contributed by atoms with Crippen LogP contribution in [-0.4, -0.2) is 11.2 Å². The van der Waals surface area contributed by atoms with Gasteiger partial charge in [-0.3, -0.25) is 5.43 Å². The molecule has 0 saturated carbocycles. The van der Waals surface area contributed by atoms with Crippen LogP contribution in [0.15, 0.2) is 46.9 Å². The predicted octanol–water partition coefficient (Wildman–Crippen LogP) is 6.30. The lowest BCUT2D eigenvalue weighted by atomic mass is 9.98. The molecule has 0 fully saturated rings. The summed E-state index contributed by atoms with van der Waals surface area (Å²) in [7, 11) is 0. The van der Waals surface area contributed by atoms with E-state index in [0.29, 0.717) is 5.92 Å². The maximum absolute atomic E-state index is 4.69. The van der Waals surface area contributed by atoms with Crippen molar-refractivity contribution in [2.75, 3.05) is 5.43 Å². The molecule has 0 saturated heterocycles. The number of hydrazone groups is 1. The van der Waals surface area contributed by atoms with Crippen LogP contribution in [-0.2, 0) is 0 Å². The Morgan fingerprint density at radius 2 is 1.69 bits per heavy atom. The SMILES string of the molecule is Cc1cc(C)c(-c2csc(N/N=C\c3ccc(C(C)C)cc3)n2)c(C)c1. The first-order valence-corrected chi connectivity index (χ1v) is 9.75. The average Bonchev–Trinajstić information content (AvgIpc) is 3.03. The highest BCUT2D eigenvalue weighted by atomic mass is 32.1. The molecule has 0 amide bonds. The summed E-state index contributed by atoms with van der Waals surface area (Å²) in [6.45, 7) is 10.8. The third-order valence-electron chi connectivity index (χ3n) is 4.41. The van der Waals surface area contributed by atoms with Crippen molar-refractivity contribution in [3.05, 3.63) is 69.6 Å². The Hall–Kier alpha value is -2.46. The van der Waals surface area contributed by atoms with Gasteiger partial charge >= 0.3 is 0 Å². The number of anilines is 1. The van der Waals surface area contributed by atoms with Crippen molar-refractivity contribution >= 4 is 22.7 Å². The molecule has 1 N–H and O–H groups in total. The molecule has 0 bridgehead atoms. The van der Waals surface area contributed by atoms with E-state index in [-0.39, 0.29) is 0 Å². The Kier molecular flexibility index (Phi) is 5.52. The second-order valence-corrected chi connectivity index (χ2v) is 7.86. The standard InChI is InChI=1S/C22H25N3S/c1-14(2)19-8-6-18(7-9-19)12-23-25-22-24-20(13-26-22)21-16(4)10-15(3)11-17(21)5/h6-14H,1-5H3,(H,24,25)/b23-12-. The lowest BCUT2D eigenvalue weighted by Gasteiger charge is -2.08. The monoisotopic (exact) mass is 363 g/mol. The van der Waals surface area contributed by atoms with Gasteiger partial charge in [-0.15, -0.1) is 11.3 Å². The third-order valence-corrected chi connectivity index (χ3v) is 5.16. The van der Waals surface area contributed by atoms with Crippen LogP contribution in [0.5, 0.6) is 0 Å². The van der Waals surface area contributed by atoms with Crippen molar-refractivity contribution in [2.24, 2.45) is 5.10 Å². The molecule has 0 aliphatic heterocycles. The summed E-state index contributed by atoms with van der Waals surface area (Å²) in [5, 5.41) is 7.21. The molecule has 0 unspecified atom stereocenters. The fourth-order valence-corrected chi connectivity index (χ4v) is 3.80. The van der Waals surface area contributed by atoms with E-state index < -0.39 is 0 Å². The smallest absolute Gasteiger partial charge is 0.203 e. The zero-order valence-electron chi connectivity index (χ0n) is 16.0. The highest BCUT2D eigenvalue weighted by Crippen LogP contribution is 2.31. The second kappa shape index (κ2) is 7.83. The third kappa shape index (κ3) is 4.20. The van der Waals surface area contributed by atoms with E-state index in [1.807, 2.05) is 6.21 Å². The Morgan fingerprint density at radius 3 is 2.31 bits per heavy atom. The Balaban J connectivity index is 1.71. The Labute approximate surface area is 159 Å². The quantitative estimate of drug-likeness (QED) is 0.426. The number of hydrogen-bond donors (Lipinski definition) is 1. The van der Waals surface area contributed by atoms with E-state index in [4.69, 9.17) is 4.98 Å². The van der Waals surface area contributed by atoms with Crippen molar-refractivity contribution < 1.29 is 0 Å². The van der Waals surface area contributed by atoms with Crippen molar-refractivity contribution in [1.82, 2.24) is 4.98 Å². The van der Waals surface area contributed by atoms with Gasteiger partial charge in [-0.1, -0.05) is 55.8 Å². The number of nitrogens with zero attached hydrogens (tertiary/aromatic N) is 2. The molecule has 3 aromatic rings. The van der Waals surface area contributed by atoms with E-state index >= 15 is 0 Å². The van der Waals surface area contributed by atoms with Crippen molar-refractivity contribution in [2.45, 2.75) is 40.5 Å². The molecule has 0 aliphatic carbocycles. The summed E-state index contributed by atoms with van der Waals surface area (Å²) < 4.78 is 0. The number of aromatic nitrogens is 1. The van der Waals surface area contributed by atoms with Crippen LogP contribution in [0.25, 0.3) is 11.3 Å². The first kappa shape index (κ1) is 18.3. The highest BCUT2D eigenvalue weighted by molar-refractivity contribution is 7.14. The zero-order valence-corrected chi connectivity index (χ0v) is 16.8. The van der Waals surface area contributed by atoms with E-state index in [1.165, 1.54) is 27.8 Å². The van der Waals surface area contributed by atoms with Gasteiger partial charge in [0.05, 0.1) is 11.9 Å². The fraction of sp³-hybridized carbons (Fsp3) is 0.273. The Bertz CT molecular complexity index is 898. The van der Waals surface area contributed by atoms with Gasteiger partial charge in [0.25, 0.3) is 0 Å². The lowest BCUT2D eigenvalue weighted by molar-refractivity contribution is 0.866. The van der Waals surface area contributed by atoms with Crippen molar-refractivity contribution in [3.8, 4) is 11.3 Å². The topological polar surface area (TPSA) is 37.3 Å². The largest absolute Gasteiger partial charge is 0.253 e. The van der Waals surface area contributed by atoms with Crippen LogP contribution in [0.2, 0.25) is 0 Å². The average molecular weight is 364 g/mol. The van der Waals surface area contributed by atoms with Crippen molar-refractivity contribution in [1.29, 1.82) is 0 Å². The first-order valence-electron chi connectivity index (χ1n) is 8.87. The van der Waals surface area contributed by atoms with Gasteiger partial charge in [0.2, 0.25) is 5.13 Å². The molecule has 3 rings (SSSR count). The van der Waals surface area contributed by atoms with E-state index in [9.17, 15) is 0 Å². The second-order valence-electron chi connectivity index (χ2n) is 7.00. The molecule has 134 valence electrons. The molecular weight excluding hydrogens is 338 g/mol. The molecule has 0 aliphatic rings. The van der Waals surface area contributed by atoms with Gasteiger partial charge in [0, 0.05) is 10.9 Å². The molecule has 4 heteroatoms. The fourth-order valence-electron chi connectivity index (χ4n) is 3.15. The predicted molar refractivity (Wildman–Crippen MR) is 114 cm³/mol. The van der Waals surface area contributed by atoms with Crippen LogP contribution in [0.3, 0.4) is 0 Å². The maximum atomic E-state index is 4.69. The molecule has 2 aromatic carbocycles. The first-order chi connectivity index (χ1) is 12.4. The summed E-state index contributed by atoms with van der Waals surface area (Å²) in [6.07, 6.45) is 1.83. The van der Waals surface area contributed by atoms with Crippen LogP contribution in [0, 0.1) is 20.8 Å². The molecule has 26 heavy (non-hydrogen) atoms. The highest BCUT2D eigenvalue weighted by Gasteiger charge is 2.10. The number of rotatable bonds is 5. The lowest BCUT2D eigenvalue weighted by Crippen LogP contribution is -1.93. The summed E-state index contributed by atoms with van der Waals surface area (Å²) in [5.41, 5.74) is 11.5. The minimum atomic E-state index is 0.543. The number of aryl methyl sites for hydroxylation is 3. The number of thiazole rings is 1. The number of nitrogens with one attached hydrogen (secondary N) is 1. The number of benzene rings is 2. The van der Waals surface area contributed by atoms with Crippen molar-refractivity contribution in [3.63, 3.8) is 0 Å². The summed E-state index contributed by atoms with van der Waals surface area (Å²) in [4.78, 5) is 4.69. The number of hydrogen-bond acceptors (Lipinski definition) is 4. The van der Waals surface area contributed by atoms with E-state index in [2.05, 4.69) is 86.9 Å². The van der Waals surface area contributed by atoms with Gasteiger partial charge < -0.3 is 0 Å². The molecular formula is C22H25N3S. The molecule has 0 radical (unpaired) electrons. The van der Waals surface area contributed by atoms with Gasteiger partial charge in [0.1, 0.15) is 0 Å². The van der Waals surface area contributed by atoms with Gasteiger partial charge in [-0.2, -0.15) is 5.10 Å². The van der Waals surface area contributed by atoms with E-state index in [0.717, 1.165) is 16.4 Å². The van der Waals surface area contributed by atoms with Gasteiger partial charge in [0.15, 0.2) is 0 Å². The van der Waals surface area contributed by atoms with Gasteiger partial charge in [-0.05, 0) is 48.9 Å². The minimum Gasteiger partial charge on any atom is -0.253 e. The molecule has 3 nitrogen and oxygen atoms in total. The summed E-state index contributed by atoms with van der Waals surface area (Å²) in [5.74, 6) is 0.543. The van der Waals surface area contributed by atoms with Gasteiger partial charge in [-0.25, -0.2) is 4.98 Å². The van der Waals surface area contributed by atoms with Crippen LogP contribution in [0.1, 0.15) is 47.6 Å². The van der Waals surface area contributed by atoms with Crippen LogP contribution >= 0.6 is 11.3 Å². The maximum Gasteiger partial charge on any atom is 0.203 e. The van der Waals surface area contributed by atoms with E-state index in [1.54, 1.807) is 11.3 Å². The summed E-state index contributed by atoms with van der Waals surface area (Å²) in [6, 6.07) is 12.9. The van der Waals surface area contributed by atoms with Crippen LogP contribution in [0.4, 0.5) is 5.13 Å². The molecule has 1 aromatic heterocycles. The summed E-state index contributed by atoms with van der Waals surface area (Å²) >= 11 is 1.57. The Morgan fingerprint density at radius 1 is 1.04 bits per heavy atom.